The van der Waals surface area contributed by atoms with E-state index in [2.05, 4.69) is 15.5 Å². The Bertz CT molecular complexity index is 602. The van der Waals surface area contributed by atoms with Gasteiger partial charge in [-0.3, -0.25) is 9.78 Å². The first kappa shape index (κ1) is 14.0. The van der Waals surface area contributed by atoms with Gasteiger partial charge in [0.15, 0.2) is 6.61 Å². The first-order valence-electron chi connectivity index (χ1n) is 5.85. The van der Waals surface area contributed by atoms with Gasteiger partial charge in [0.2, 0.25) is 0 Å². The van der Waals surface area contributed by atoms with E-state index in [0.717, 1.165) is 0 Å². The van der Waals surface area contributed by atoms with Gasteiger partial charge in [0.25, 0.3) is 5.91 Å². The molecule has 0 fully saturated rings. The molecule has 1 heterocycles. The predicted molar refractivity (Wildman–Crippen MR) is 76.9 cm³/mol. The van der Waals surface area contributed by atoms with Crippen molar-refractivity contribution in [1.29, 1.82) is 0 Å². The standard InChI is InChI=1S/C14H12ClN3O2/c15-11-4-3-6-13(8-11)20-10-14(19)18-17-9-12-5-1-2-7-16-12/h1-9H,10H2,(H,18,19). The van der Waals surface area contributed by atoms with Gasteiger partial charge in [-0.15, -0.1) is 0 Å². The SMILES string of the molecule is O=C(COc1cccc(Cl)c1)NN=Cc1ccccn1. The van der Waals surface area contributed by atoms with Crippen LogP contribution < -0.4 is 10.2 Å². The van der Waals surface area contributed by atoms with Gasteiger partial charge in [0.1, 0.15) is 5.75 Å². The fraction of sp³-hybridized carbons (Fsp3) is 0.0714. The van der Waals surface area contributed by atoms with Gasteiger partial charge < -0.3 is 4.74 Å². The van der Waals surface area contributed by atoms with Gasteiger partial charge >= 0.3 is 0 Å². The summed E-state index contributed by atoms with van der Waals surface area (Å²) < 4.78 is 5.27. The minimum atomic E-state index is -0.364. The smallest absolute Gasteiger partial charge is 0.277 e. The topological polar surface area (TPSA) is 63.6 Å². The van der Waals surface area contributed by atoms with Crippen LogP contribution in [0, 0.1) is 0 Å². The number of nitrogens with one attached hydrogen (secondary N) is 1. The summed E-state index contributed by atoms with van der Waals surface area (Å²) in [5, 5.41) is 4.33. The number of hydrogen-bond acceptors (Lipinski definition) is 4. The van der Waals surface area contributed by atoms with E-state index >= 15 is 0 Å². The zero-order chi connectivity index (χ0) is 14.2. The van der Waals surface area contributed by atoms with Crippen LogP contribution in [0.4, 0.5) is 0 Å². The molecule has 5 nitrogen and oxygen atoms in total. The van der Waals surface area contributed by atoms with Gasteiger partial charge in [-0.05, 0) is 30.3 Å². The number of carbonyl (C=O) groups excluding carboxylic acids is 1. The largest absolute Gasteiger partial charge is 0.484 e. The van der Waals surface area contributed by atoms with Crippen molar-refractivity contribution < 1.29 is 9.53 Å². The van der Waals surface area contributed by atoms with Crippen LogP contribution in [0.1, 0.15) is 5.69 Å². The molecule has 2 aromatic rings. The highest BCUT2D eigenvalue weighted by Gasteiger charge is 2.01. The number of halogens is 1. The summed E-state index contributed by atoms with van der Waals surface area (Å²) in [6, 6.07) is 12.2. The number of hydrogen-bond donors (Lipinski definition) is 1. The molecule has 0 atom stereocenters. The lowest BCUT2D eigenvalue weighted by Gasteiger charge is -2.04. The molecule has 1 N–H and O–H groups in total. The molecule has 0 radical (unpaired) electrons. The minimum absolute atomic E-state index is 0.139. The second-order valence-electron chi connectivity index (χ2n) is 3.79. The van der Waals surface area contributed by atoms with Crippen LogP contribution in [0.15, 0.2) is 53.8 Å². The van der Waals surface area contributed by atoms with E-state index < -0.39 is 0 Å². The molecule has 1 aromatic heterocycles. The third kappa shape index (κ3) is 4.70. The van der Waals surface area contributed by atoms with Gasteiger partial charge in [-0.2, -0.15) is 5.10 Å². The molecule has 102 valence electrons. The monoisotopic (exact) mass is 289 g/mol. The highest BCUT2D eigenvalue weighted by atomic mass is 35.5. The fourth-order valence-electron chi connectivity index (χ4n) is 1.36. The lowest BCUT2D eigenvalue weighted by molar-refractivity contribution is -0.123. The van der Waals surface area contributed by atoms with E-state index in [9.17, 15) is 4.79 Å². The molecular weight excluding hydrogens is 278 g/mol. The Balaban J connectivity index is 1.77. The van der Waals surface area contributed by atoms with Crippen molar-refractivity contribution >= 4 is 23.7 Å². The minimum Gasteiger partial charge on any atom is -0.484 e. The molecule has 0 unspecified atom stereocenters. The first-order valence-corrected chi connectivity index (χ1v) is 6.23. The zero-order valence-electron chi connectivity index (χ0n) is 10.5. The Morgan fingerprint density at radius 3 is 3.00 bits per heavy atom. The quantitative estimate of drug-likeness (QED) is 0.678. The average Bonchev–Trinajstić information content (AvgIpc) is 2.46. The molecule has 1 amide bonds. The number of benzene rings is 1. The van der Waals surface area contributed by atoms with Crippen molar-refractivity contribution in [3.63, 3.8) is 0 Å². The van der Waals surface area contributed by atoms with Crippen LogP contribution in [0.25, 0.3) is 0 Å². The summed E-state index contributed by atoms with van der Waals surface area (Å²) in [6.07, 6.45) is 3.10. The third-order valence-corrected chi connectivity index (χ3v) is 2.47. The Morgan fingerprint density at radius 1 is 1.35 bits per heavy atom. The van der Waals surface area contributed by atoms with Gasteiger partial charge in [-0.25, -0.2) is 5.43 Å². The van der Waals surface area contributed by atoms with Crippen LogP contribution in [0.5, 0.6) is 5.75 Å². The Morgan fingerprint density at radius 2 is 2.25 bits per heavy atom. The van der Waals surface area contributed by atoms with Crippen molar-refractivity contribution in [3.8, 4) is 5.75 Å². The van der Waals surface area contributed by atoms with E-state index in [1.54, 1.807) is 42.6 Å². The second-order valence-corrected chi connectivity index (χ2v) is 4.23. The molecule has 20 heavy (non-hydrogen) atoms. The third-order valence-electron chi connectivity index (χ3n) is 2.24. The highest BCUT2D eigenvalue weighted by molar-refractivity contribution is 6.30. The summed E-state index contributed by atoms with van der Waals surface area (Å²) >= 11 is 5.80. The van der Waals surface area contributed by atoms with Crippen molar-refractivity contribution in [3.05, 3.63) is 59.4 Å². The Kier molecular flexibility index (Phi) is 5.08. The number of hydrazone groups is 1. The predicted octanol–water partition coefficient (Wildman–Crippen LogP) is 2.26. The normalized spacial score (nSPS) is 10.4. The highest BCUT2D eigenvalue weighted by Crippen LogP contribution is 2.16. The number of aromatic nitrogens is 1. The molecule has 0 aliphatic carbocycles. The van der Waals surface area contributed by atoms with E-state index in [-0.39, 0.29) is 12.5 Å². The zero-order valence-corrected chi connectivity index (χ0v) is 11.2. The van der Waals surface area contributed by atoms with E-state index in [1.807, 2.05) is 6.07 Å². The summed E-state index contributed by atoms with van der Waals surface area (Å²) in [5.74, 6) is 0.165. The molecular formula is C14H12ClN3O2. The first-order chi connectivity index (χ1) is 9.74. The molecule has 0 bridgehead atoms. The van der Waals surface area contributed by atoms with Crippen LogP contribution >= 0.6 is 11.6 Å². The second kappa shape index (κ2) is 7.25. The summed E-state index contributed by atoms with van der Waals surface area (Å²) in [7, 11) is 0. The van der Waals surface area contributed by atoms with Crippen LogP contribution in [0.2, 0.25) is 5.02 Å². The molecule has 0 spiro atoms. The summed E-state index contributed by atoms with van der Waals surface area (Å²) in [6.45, 7) is -0.139. The average molecular weight is 290 g/mol. The number of ether oxygens (including phenoxy) is 1. The van der Waals surface area contributed by atoms with Crippen molar-refractivity contribution in [2.75, 3.05) is 6.61 Å². The van der Waals surface area contributed by atoms with Gasteiger partial charge in [-0.1, -0.05) is 23.7 Å². The Hall–Kier alpha value is -2.40. The van der Waals surface area contributed by atoms with E-state index in [1.165, 1.54) is 6.21 Å². The fourth-order valence-corrected chi connectivity index (χ4v) is 1.54. The van der Waals surface area contributed by atoms with Gasteiger partial charge in [0.05, 0.1) is 11.9 Å². The lowest BCUT2D eigenvalue weighted by Crippen LogP contribution is -2.24. The van der Waals surface area contributed by atoms with Crippen LogP contribution in [-0.4, -0.2) is 23.7 Å². The Labute approximate surface area is 121 Å². The number of carbonyl (C=O) groups is 1. The molecule has 0 aliphatic rings. The summed E-state index contributed by atoms with van der Waals surface area (Å²) in [4.78, 5) is 15.5. The molecule has 0 saturated carbocycles. The number of nitrogens with zero attached hydrogens (tertiary/aromatic N) is 2. The van der Waals surface area contributed by atoms with E-state index in [0.29, 0.717) is 16.5 Å². The number of pyridine rings is 1. The van der Waals surface area contributed by atoms with Gasteiger partial charge in [0, 0.05) is 11.2 Å². The maximum absolute atomic E-state index is 11.5. The maximum Gasteiger partial charge on any atom is 0.277 e. The van der Waals surface area contributed by atoms with Crippen molar-refractivity contribution in [2.45, 2.75) is 0 Å². The lowest BCUT2D eigenvalue weighted by atomic mass is 10.3. The molecule has 0 aliphatic heterocycles. The maximum atomic E-state index is 11.5. The van der Waals surface area contributed by atoms with Crippen LogP contribution in [0.3, 0.4) is 0 Å². The van der Waals surface area contributed by atoms with Crippen molar-refractivity contribution in [2.24, 2.45) is 5.10 Å². The molecule has 1 aromatic carbocycles. The molecule has 0 saturated heterocycles. The molecule has 6 heteroatoms. The number of rotatable bonds is 5. The summed E-state index contributed by atoms with van der Waals surface area (Å²) in [5.41, 5.74) is 3.00. The van der Waals surface area contributed by atoms with Crippen molar-refractivity contribution in [1.82, 2.24) is 10.4 Å². The molecule has 2 rings (SSSR count). The van der Waals surface area contributed by atoms with Crippen LogP contribution in [-0.2, 0) is 4.79 Å². The number of amides is 1. The van der Waals surface area contributed by atoms with E-state index in [4.69, 9.17) is 16.3 Å².